The topological polar surface area (TPSA) is 63.4 Å². The van der Waals surface area contributed by atoms with E-state index in [2.05, 4.69) is 11.9 Å². The number of hydrogen-bond donors (Lipinski definition) is 1. The van der Waals surface area contributed by atoms with E-state index in [1.54, 1.807) is 0 Å². The fraction of sp³-hybridized carbons (Fsp3) is 0.467. The van der Waals surface area contributed by atoms with Gasteiger partial charge in [0.1, 0.15) is 13.6 Å². The Morgan fingerprint density at radius 2 is 1.58 bits per heavy atom. The fourth-order valence-electron chi connectivity index (χ4n) is 1.72. The number of piperidine rings is 1. The van der Waals surface area contributed by atoms with Crippen molar-refractivity contribution in [3.05, 3.63) is 29.8 Å². The van der Waals surface area contributed by atoms with Gasteiger partial charge in [-0.25, -0.2) is 0 Å². The molecule has 19 heavy (non-hydrogen) atoms. The lowest BCUT2D eigenvalue weighted by Crippen LogP contribution is -2.24. The fourth-order valence-corrected chi connectivity index (χ4v) is 1.72. The average Bonchev–Trinajstić information content (AvgIpc) is 2.44. The first-order valence-corrected chi connectivity index (χ1v) is 6.27. The number of nitrogens with two attached hydrogens (primary N) is 1. The number of carbonyl (C=O) groups excluding carboxylic acids is 2. The van der Waals surface area contributed by atoms with Crippen molar-refractivity contribution in [2.45, 2.75) is 26.2 Å². The summed E-state index contributed by atoms with van der Waals surface area (Å²) in [5, 5.41) is 0. The minimum Gasteiger partial charge on any atom is -0.399 e. The highest BCUT2D eigenvalue weighted by molar-refractivity contribution is 5.39. The molecule has 0 aromatic heterocycles. The highest BCUT2D eigenvalue weighted by Gasteiger charge is 2.02. The normalized spacial score (nSPS) is 13.6. The van der Waals surface area contributed by atoms with Crippen molar-refractivity contribution < 1.29 is 9.59 Å². The van der Waals surface area contributed by atoms with E-state index in [1.165, 1.54) is 37.9 Å². The van der Waals surface area contributed by atoms with Crippen molar-refractivity contribution in [2.24, 2.45) is 0 Å². The maximum atomic E-state index is 8.00. The predicted octanol–water partition coefficient (Wildman–Crippen LogP) is 2.31. The summed E-state index contributed by atoms with van der Waals surface area (Å²) in [6.07, 6.45) is 4.28. The van der Waals surface area contributed by atoms with Crippen LogP contribution in [0.3, 0.4) is 0 Å². The van der Waals surface area contributed by atoms with E-state index in [0.29, 0.717) is 0 Å². The van der Waals surface area contributed by atoms with Gasteiger partial charge in [0.15, 0.2) is 0 Å². The van der Waals surface area contributed by atoms with E-state index in [0.717, 1.165) is 5.69 Å². The zero-order valence-electron chi connectivity index (χ0n) is 12.1. The van der Waals surface area contributed by atoms with Crippen LogP contribution in [0.5, 0.6) is 0 Å². The first kappa shape index (κ1) is 19.7. The molecule has 0 spiro atoms. The van der Waals surface area contributed by atoms with Gasteiger partial charge in [-0.2, -0.15) is 0 Å². The molecule has 0 saturated carbocycles. The molecular weight excluding hydrogens is 240 g/mol. The van der Waals surface area contributed by atoms with Gasteiger partial charge >= 0.3 is 0 Å². The number of rotatable bonds is 0. The monoisotopic (exact) mass is 266 g/mol. The quantitative estimate of drug-likeness (QED) is 0.732. The van der Waals surface area contributed by atoms with E-state index >= 15 is 0 Å². The van der Waals surface area contributed by atoms with Crippen LogP contribution in [0.4, 0.5) is 5.69 Å². The summed E-state index contributed by atoms with van der Waals surface area (Å²) in [6, 6.07) is 7.80. The van der Waals surface area contributed by atoms with Crippen molar-refractivity contribution in [2.75, 3.05) is 25.9 Å². The highest BCUT2D eigenvalue weighted by atomic mass is 16.1. The Balaban J connectivity index is 0. The lowest BCUT2D eigenvalue weighted by Gasteiger charge is -2.20. The second-order valence-electron chi connectivity index (χ2n) is 4.28. The number of anilines is 1. The Morgan fingerprint density at radius 3 is 1.84 bits per heavy atom. The third-order valence-corrected chi connectivity index (χ3v) is 2.62. The van der Waals surface area contributed by atoms with Gasteiger partial charge in [0.05, 0.1) is 0 Å². The molecule has 0 atom stereocenters. The van der Waals surface area contributed by atoms with Crippen molar-refractivity contribution in [1.29, 1.82) is 0 Å². The van der Waals surface area contributed by atoms with Gasteiger partial charge in [0.2, 0.25) is 0 Å². The summed E-state index contributed by atoms with van der Waals surface area (Å²) in [5.41, 5.74) is 7.51. The van der Waals surface area contributed by atoms with Crippen LogP contribution in [0.15, 0.2) is 24.3 Å². The van der Waals surface area contributed by atoms with Crippen molar-refractivity contribution >= 4 is 19.3 Å². The van der Waals surface area contributed by atoms with Crippen LogP contribution < -0.4 is 5.73 Å². The van der Waals surface area contributed by atoms with Crippen LogP contribution in [-0.4, -0.2) is 38.6 Å². The minimum atomic E-state index is 0.838. The Morgan fingerprint density at radius 1 is 1.05 bits per heavy atom. The van der Waals surface area contributed by atoms with Gasteiger partial charge in [-0.15, -0.1) is 0 Å². The predicted molar refractivity (Wildman–Crippen MR) is 81.2 cm³/mol. The smallest absolute Gasteiger partial charge is 0.106 e. The van der Waals surface area contributed by atoms with Crippen LogP contribution in [0.1, 0.15) is 24.8 Å². The van der Waals surface area contributed by atoms with Crippen molar-refractivity contribution in [3.63, 3.8) is 0 Å². The number of likely N-dealkylation sites (tertiary alicyclic amines) is 1. The molecular formula is C15H26N2O2. The van der Waals surface area contributed by atoms with Crippen LogP contribution in [0, 0.1) is 6.92 Å². The third kappa shape index (κ3) is 12.6. The standard InChI is InChI=1S/C7H9N.C6H13N.2CH2O/c1-6-3-2-4-7(8)5-6;1-7-5-3-2-4-6-7;2*1-2/h2-5H,8H2,1H3;2-6H2,1H3;2*1H2. The number of benzene rings is 1. The molecule has 0 unspecified atom stereocenters. The molecule has 108 valence electrons. The van der Waals surface area contributed by atoms with E-state index in [4.69, 9.17) is 15.3 Å². The van der Waals surface area contributed by atoms with Gasteiger partial charge in [-0.1, -0.05) is 18.6 Å². The molecule has 1 aromatic carbocycles. The molecule has 0 radical (unpaired) electrons. The number of nitrogens with zero attached hydrogens (tertiary/aromatic N) is 1. The Bertz CT molecular complexity index is 294. The first-order valence-electron chi connectivity index (χ1n) is 6.27. The summed E-state index contributed by atoms with van der Waals surface area (Å²) in [4.78, 5) is 18.4. The van der Waals surface area contributed by atoms with Gasteiger partial charge in [-0.05, 0) is 57.6 Å². The molecule has 1 aliphatic rings. The van der Waals surface area contributed by atoms with Crippen molar-refractivity contribution in [3.8, 4) is 0 Å². The molecule has 0 amide bonds. The second kappa shape index (κ2) is 14.4. The molecule has 2 N–H and O–H groups in total. The highest BCUT2D eigenvalue weighted by Crippen LogP contribution is 2.04. The maximum Gasteiger partial charge on any atom is 0.106 e. The van der Waals surface area contributed by atoms with Crippen molar-refractivity contribution in [1.82, 2.24) is 4.90 Å². The van der Waals surface area contributed by atoms with Gasteiger partial charge in [0, 0.05) is 5.69 Å². The largest absolute Gasteiger partial charge is 0.399 e. The van der Waals surface area contributed by atoms with E-state index in [-0.39, 0.29) is 0 Å². The second-order valence-corrected chi connectivity index (χ2v) is 4.28. The first-order chi connectivity index (χ1) is 9.18. The zero-order chi connectivity index (χ0) is 15.1. The third-order valence-electron chi connectivity index (χ3n) is 2.62. The summed E-state index contributed by atoms with van der Waals surface area (Å²) in [7, 11) is 2.19. The molecule has 4 heteroatoms. The Labute approximate surface area is 116 Å². The molecule has 4 nitrogen and oxygen atoms in total. The van der Waals surface area contributed by atoms with Gasteiger partial charge in [0.25, 0.3) is 0 Å². The molecule has 2 rings (SSSR count). The number of nitrogen functional groups attached to an aromatic ring is 1. The molecule has 0 bridgehead atoms. The number of hydrogen-bond acceptors (Lipinski definition) is 4. The van der Waals surface area contributed by atoms with Crippen LogP contribution >= 0.6 is 0 Å². The van der Waals surface area contributed by atoms with Crippen LogP contribution in [-0.2, 0) is 9.59 Å². The molecule has 0 aliphatic carbocycles. The summed E-state index contributed by atoms with van der Waals surface area (Å²) >= 11 is 0. The minimum absolute atomic E-state index is 0.838. The van der Waals surface area contributed by atoms with Crippen LogP contribution in [0.2, 0.25) is 0 Å². The van der Waals surface area contributed by atoms with Gasteiger partial charge < -0.3 is 20.2 Å². The summed E-state index contributed by atoms with van der Waals surface area (Å²) in [5.74, 6) is 0. The summed E-state index contributed by atoms with van der Waals surface area (Å²) < 4.78 is 0. The summed E-state index contributed by atoms with van der Waals surface area (Å²) in [6.45, 7) is 8.66. The number of aryl methyl sites for hydroxylation is 1. The van der Waals surface area contributed by atoms with E-state index in [1.807, 2.05) is 44.8 Å². The molecule has 1 aliphatic heterocycles. The molecule has 1 fully saturated rings. The van der Waals surface area contributed by atoms with Crippen LogP contribution in [0.25, 0.3) is 0 Å². The SMILES string of the molecule is C=O.C=O.CN1CCCCC1.Cc1cccc(N)c1. The molecule has 1 aromatic rings. The Kier molecular flexibility index (Phi) is 14.9. The average molecular weight is 266 g/mol. The number of carbonyl (C=O) groups is 2. The Hall–Kier alpha value is -1.68. The molecule has 1 saturated heterocycles. The van der Waals surface area contributed by atoms with E-state index < -0.39 is 0 Å². The van der Waals surface area contributed by atoms with Gasteiger partial charge in [-0.3, -0.25) is 0 Å². The maximum absolute atomic E-state index is 8.00. The van der Waals surface area contributed by atoms with E-state index in [9.17, 15) is 0 Å². The lowest BCUT2D eigenvalue weighted by molar-refractivity contribution is -0.0987. The zero-order valence-corrected chi connectivity index (χ0v) is 12.1. The lowest BCUT2D eigenvalue weighted by atomic mass is 10.1. The molecule has 1 heterocycles.